The van der Waals surface area contributed by atoms with E-state index < -0.39 is 11.4 Å². The van der Waals surface area contributed by atoms with Gasteiger partial charge in [0.1, 0.15) is 36.6 Å². The zero-order valence-electron chi connectivity index (χ0n) is 38.9. The van der Waals surface area contributed by atoms with Gasteiger partial charge in [-0.1, -0.05) is 51.4 Å². The molecule has 5 fully saturated rings. The minimum atomic E-state index is -1.13. The van der Waals surface area contributed by atoms with Gasteiger partial charge in [0.25, 0.3) is 0 Å². The Morgan fingerprint density at radius 1 is 0.955 bits per heavy atom. The summed E-state index contributed by atoms with van der Waals surface area (Å²) in [6.07, 6.45) is 2.36. The van der Waals surface area contributed by atoms with E-state index in [1.165, 1.54) is 0 Å². The van der Waals surface area contributed by atoms with Crippen molar-refractivity contribution in [3.63, 3.8) is 0 Å². The number of piperazine rings is 1. The number of likely N-dealkylation sites (tertiary alicyclic amines) is 1. The van der Waals surface area contributed by atoms with Gasteiger partial charge in [-0.05, 0) is 74.3 Å². The number of hydrogen-bond acceptors (Lipinski definition) is 12. The van der Waals surface area contributed by atoms with Crippen LogP contribution in [0.15, 0.2) is 60.8 Å². The number of nitrogens with zero attached hydrogens (tertiary/aromatic N) is 5. The number of nitriles is 1. The molecule has 0 radical (unpaired) electrons. The standard InChI is InChI=1S/C50H62ClFN8O6/c1-48(2)45(49(3,4)46(48)65-31-13-11-29(25-53)36(51)24-31)60-28-37-34(43(60)61)26-55-47(56-37)59-19-17-58(18-20-59)21-22-64-39-9-8-10-40(41(39)52)66-38-14-12-30(50(5,6)63)23-33(38)35-27-57(7)44(62)42-32(35)15-16-54-42/h8-14,23-24,27,32,34,37,42,45-47,54-56,63H,15-22,26,28H2,1-7H3. The number of carbonyl (C=O) groups is 2. The molecule has 0 aromatic heterocycles. The smallest absolute Gasteiger partial charge is 0.244 e. The number of nitrogens with one attached hydrogen (secondary N) is 3. The second-order valence-corrected chi connectivity index (χ2v) is 20.9. The molecule has 3 aromatic carbocycles. The number of likely N-dealkylation sites (N-methyl/N-ethyl adjacent to an activating group) is 1. The Balaban J connectivity index is 0.778. The van der Waals surface area contributed by atoms with Gasteiger partial charge in [0.05, 0.1) is 28.1 Å². The molecule has 1 saturated carbocycles. The third-order valence-corrected chi connectivity index (χ3v) is 15.2. The van der Waals surface area contributed by atoms with Gasteiger partial charge in [0.2, 0.25) is 17.6 Å². The first kappa shape index (κ1) is 46.3. The number of hydrogen-bond donors (Lipinski definition) is 4. The molecule has 5 aliphatic heterocycles. The molecule has 2 amide bonds. The summed E-state index contributed by atoms with van der Waals surface area (Å²) in [7, 11) is 1.73. The highest BCUT2D eigenvalue weighted by Gasteiger charge is 2.68. The highest BCUT2D eigenvalue weighted by molar-refractivity contribution is 6.31. The van der Waals surface area contributed by atoms with Crippen LogP contribution in [0.4, 0.5) is 4.39 Å². The van der Waals surface area contributed by atoms with Crippen LogP contribution in [0.5, 0.6) is 23.0 Å². The zero-order chi connectivity index (χ0) is 46.9. The summed E-state index contributed by atoms with van der Waals surface area (Å²) in [6, 6.07) is 17.2. The molecule has 66 heavy (non-hydrogen) atoms. The summed E-state index contributed by atoms with van der Waals surface area (Å²) in [4.78, 5) is 35.3. The fourth-order valence-electron chi connectivity index (χ4n) is 11.9. The summed E-state index contributed by atoms with van der Waals surface area (Å²) in [5.41, 5.74) is 0.888. The van der Waals surface area contributed by atoms with Crippen molar-refractivity contribution < 1.29 is 33.3 Å². The van der Waals surface area contributed by atoms with Crippen LogP contribution in [-0.2, 0) is 15.2 Å². The summed E-state index contributed by atoms with van der Waals surface area (Å²) < 4.78 is 35.0. The van der Waals surface area contributed by atoms with Gasteiger partial charge in [-0.3, -0.25) is 30.0 Å². The van der Waals surface area contributed by atoms with Crippen LogP contribution in [0.2, 0.25) is 5.02 Å². The Labute approximate surface area is 392 Å². The van der Waals surface area contributed by atoms with Gasteiger partial charge >= 0.3 is 0 Å². The summed E-state index contributed by atoms with van der Waals surface area (Å²) in [5, 5.41) is 31.3. The largest absolute Gasteiger partial charge is 0.489 e. The van der Waals surface area contributed by atoms with E-state index in [4.69, 9.17) is 25.8 Å². The van der Waals surface area contributed by atoms with Crippen molar-refractivity contribution in [1.82, 2.24) is 35.6 Å². The molecule has 0 bridgehead atoms. The van der Waals surface area contributed by atoms with Crippen LogP contribution in [-0.4, -0.2) is 133 Å². The van der Waals surface area contributed by atoms with Crippen LogP contribution < -0.4 is 30.2 Å². The monoisotopic (exact) mass is 924 g/mol. The maximum absolute atomic E-state index is 16.1. The average molecular weight is 926 g/mol. The van der Waals surface area contributed by atoms with E-state index in [2.05, 4.69) is 64.4 Å². The number of rotatable bonds is 12. The summed E-state index contributed by atoms with van der Waals surface area (Å²) in [5.74, 6) is 0.469. The minimum absolute atomic E-state index is 0.000747. The van der Waals surface area contributed by atoms with Crippen molar-refractivity contribution in [2.24, 2.45) is 22.7 Å². The van der Waals surface area contributed by atoms with Crippen LogP contribution in [0.25, 0.3) is 5.57 Å². The SMILES string of the molecule is CN1C=C(c2cc(C(C)(C)O)ccc2Oc2cccc(OCCN3CCN(C4NCC5C(=O)N(C6C(C)(C)C(Oc7ccc(C#N)c(Cl)c7)C6(C)C)CC5N4)CC3)c2F)C2CCNC2C1=O. The number of carbonyl (C=O) groups excluding carboxylic acids is 2. The normalized spacial score (nSPS) is 28.6. The van der Waals surface area contributed by atoms with Crippen molar-refractivity contribution in [1.29, 1.82) is 5.26 Å². The van der Waals surface area contributed by atoms with Crippen molar-refractivity contribution in [3.8, 4) is 29.1 Å². The number of ether oxygens (including phenoxy) is 3. The average Bonchev–Trinajstić information content (AvgIpc) is 3.90. The van der Waals surface area contributed by atoms with E-state index in [9.17, 15) is 20.0 Å². The molecule has 3 aromatic rings. The number of benzene rings is 3. The lowest BCUT2D eigenvalue weighted by atomic mass is 9.49. The fraction of sp³-hybridized carbons (Fsp3) is 0.540. The molecule has 1 aliphatic carbocycles. The molecule has 9 rings (SSSR count). The highest BCUT2D eigenvalue weighted by Crippen LogP contribution is 2.59. The Kier molecular flexibility index (Phi) is 12.4. The Bertz CT molecular complexity index is 2430. The third-order valence-electron chi connectivity index (χ3n) is 14.9. The van der Waals surface area contributed by atoms with Gasteiger partial charge < -0.3 is 34.4 Å². The predicted molar refractivity (Wildman–Crippen MR) is 248 cm³/mol. The number of fused-ring (bicyclic) bond motifs is 2. The molecule has 4 saturated heterocycles. The Morgan fingerprint density at radius 2 is 1.70 bits per heavy atom. The maximum atomic E-state index is 16.1. The number of halogens is 2. The van der Waals surface area contributed by atoms with Gasteiger partial charge in [-0.2, -0.15) is 9.65 Å². The van der Waals surface area contributed by atoms with Crippen molar-refractivity contribution in [2.75, 3.05) is 66.0 Å². The van der Waals surface area contributed by atoms with E-state index in [0.29, 0.717) is 59.4 Å². The van der Waals surface area contributed by atoms with E-state index >= 15 is 4.39 Å². The van der Waals surface area contributed by atoms with E-state index in [1.54, 1.807) is 74.3 Å². The molecular formula is C50H62ClFN8O6. The molecule has 0 spiro atoms. The minimum Gasteiger partial charge on any atom is -0.489 e. The van der Waals surface area contributed by atoms with Gasteiger partial charge in [0, 0.05) is 99.5 Å². The van der Waals surface area contributed by atoms with Crippen LogP contribution in [0.1, 0.15) is 64.7 Å². The number of amides is 2. The van der Waals surface area contributed by atoms with Gasteiger partial charge in [-0.25, -0.2) is 0 Å². The van der Waals surface area contributed by atoms with Crippen LogP contribution >= 0.6 is 11.6 Å². The van der Waals surface area contributed by atoms with E-state index in [0.717, 1.165) is 38.2 Å². The molecule has 5 atom stereocenters. The van der Waals surface area contributed by atoms with E-state index in [-0.39, 0.29) is 83.1 Å². The Morgan fingerprint density at radius 3 is 2.41 bits per heavy atom. The molecule has 4 N–H and O–H groups in total. The first-order chi connectivity index (χ1) is 31.4. The molecule has 352 valence electrons. The summed E-state index contributed by atoms with van der Waals surface area (Å²) >= 11 is 6.32. The quantitative estimate of drug-likeness (QED) is 0.185. The Hall–Kier alpha value is -4.79. The lowest BCUT2D eigenvalue weighted by Gasteiger charge is -2.65. The van der Waals surface area contributed by atoms with Gasteiger partial charge in [-0.15, -0.1) is 0 Å². The first-order valence-electron chi connectivity index (χ1n) is 23.2. The second-order valence-electron chi connectivity index (χ2n) is 20.5. The topological polar surface area (TPSA) is 155 Å². The molecule has 5 unspecified atom stereocenters. The third kappa shape index (κ3) is 8.44. The van der Waals surface area contributed by atoms with Crippen molar-refractivity contribution in [3.05, 3.63) is 88.3 Å². The molecule has 5 heterocycles. The summed E-state index contributed by atoms with van der Waals surface area (Å²) in [6.45, 7) is 18.1. The maximum Gasteiger partial charge on any atom is 0.244 e. The van der Waals surface area contributed by atoms with Crippen molar-refractivity contribution >= 4 is 29.0 Å². The molecule has 6 aliphatic rings. The van der Waals surface area contributed by atoms with Crippen molar-refractivity contribution in [2.45, 2.75) is 84.1 Å². The van der Waals surface area contributed by atoms with E-state index in [1.807, 2.05) is 12.3 Å². The first-order valence-corrected chi connectivity index (χ1v) is 23.6. The lowest BCUT2D eigenvalue weighted by molar-refractivity contribution is -0.208. The molecular weight excluding hydrogens is 863 g/mol. The van der Waals surface area contributed by atoms with Crippen LogP contribution in [0.3, 0.4) is 0 Å². The van der Waals surface area contributed by atoms with Gasteiger partial charge in [0.15, 0.2) is 11.5 Å². The predicted octanol–water partition coefficient (Wildman–Crippen LogP) is 5.34. The fourth-order valence-corrected chi connectivity index (χ4v) is 12.1. The molecule has 16 heteroatoms. The zero-order valence-corrected chi connectivity index (χ0v) is 39.6. The number of aliphatic hydroxyl groups is 1. The second kappa shape index (κ2) is 17.7. The lowest BCUT2D eigenvalue weighted by Crippen LogP contribution is -2.75. The highest BCUT2D eigenvalue weighted by atomic mass is 35.5. The van der Waals surface area contributed by atoms with Crippen LogP contribution in [0, 0.1) is 39.8 Å². The molecule has 14 nitrogen and oxygen atoms in total.